The smallest absolute Gasteiger partial charge is 0.421 e. The summed E-state index contributed by atoms with van der Waals surface area (Å²) >= 11 is 0. The fourth-order valence-corrected chi connectivity index (χ4v) is 2.96. The number of hydrogen-bond donors (Lipinski definition) is 1. The lowest BCUT2D eigenvalue weighted by molar-refractivity contribution is -0.119. The van der Waals surface area contributed by atoms with E-state index in [-0.39, 0.29) is 6.61 Å². The quantitative estimate of drug-likeness (QED) is 0.645. The SMILES string of the molecule is COc1ccc(N(C(=O)OCc2ccccc2)C(=O)[C@@H](N)Cc2ccccc2)cc1. The summed E-state index contributed by atoms with van der Waals surface area (Å²) in [4.78, 5) is 27.0. The van der Waals surface area contributed by atoms with Crippen molar-refractivity contribution >= 4 is 17.7 Å². The molecule has 2 N–H and O–H groups in total. The lowest BCUT2D eigenvalue weighted by atomic mass is 10.1. The van der Waals surface area contributed by atoms with Gasteiger partial charge in [0.15, 0.2) is 0 Å². The molecule has 3 aromatic rings. The predicted octanol–water partition coefficient (Wildman–Crippen LogP) is 3.94. The Morgan fingerprint density at radius 2 is 1.43 bits per heavy atom. The predicted molar refractivity (Wildman–Crippen MR) is 115 cm³/mol. The molecule has 0 heterocycles. The van der Waals surface area contributed by atoms with E-state index >= 15 is 0 Å². The summed E-state index contributed by atoms with van der Waals surface area (Å²) in [5.74, 6) is 0.0690. The van der Waals surface area contributed by atoms with Gasteiger partial charge >= 0.3 is 6.09 Å². The molecule has 0 aliphatic rings. The van der Waals surface area contributed by atoms with Crippen LogP contribution in [0.2, 0.25) is 0 Å². The molecule has 2 amide bonds. The van der Waals surface area contributed by atoms with Crippen molar-refractivity contribution in [1.29, 1.82) is 0 Å². The average Bonchev–Trinajstić information content (AvgIpc) is 2.79. The molecule has 3 aromatic carbocycles. The molecule has 1 atom stereocenters. The minimum absolute atomic E-state index is 0.0491. The van der Waals surface area contributed by atoms with E-state index in [1.165, 1.54) is 0 Å². The number of nitrogens with two attached hydrogens (primary N) is 1. The molecule has 0 bridgehead atoms. The van der Waals surface area contributed by atoms with Crippen LogP contribution in [0.4, 0.5) is 10.5 Å². The Hall–Kier alpha value is -3.64. The number of nitrogens with zero attached hydrogens (tertiary/aromatic N) is 1. The summed E-state index contributed by atoms with van der Waals surface area (Å²) < 4.78 is 10.6. The molecule has 0 aliphatic carbocycles. The van der Waals surface area contributed by atoms with E-state index in [0.29, 0.717) is 17.9 Å². The van der Waals surface area contributed by atoms with Crippen molar-refractivity contribution < 1.29 is 19.1 Å². The minimum Gasteiger partial charge on any atom is -0.497 e. The van der Waals surface area contributed by atoms with Crippen molar-refractivity contribution in [2.45, 2.75) is 19.1 Å². The first-order valence-corrected chi connectivity index (χ1v) is 9.56. The van der Waals surface area contributed by atoms with Gasteiger partial charge in [-0.05, 0) is 41.8 Å². The zero-order valence-electron chi connectivity index (χ0n) is 16.7. The maximum atomic E-state index is 13.1. The number of imide groups is 1. The maximum Gasteiger partial charge on any atom is 0.421 e. The first kappa shape index (κ1) is 21.1. The molecule has 0 spiro atoms. The zero-order chi connectivity index (χ0) is 21.3. The highest BCUT2D eigenvalue weighted by Crippen LogP contribution is 2.22. The van der Waals surface area contributed by atoms with Gasteiger partial charge in [0.2, 0.25) is 0 Å². The van der Waals surface area contributed by atoms with Crippen LogP contribution in [0.1, 0.15) is 11.1 Å². The number of ether oxygens (including phenoxy) is 2. The van der Waals surface area contributed by atoms with Crippen molar-refractivity contribution in [2.75, 3.05) is 12.0 Å². The van der Waals surface area contributed by atoms with Crippen LogP contribution in [0.15, 0.2) is 84.9 Å². The average molecular weight is 404 g/mol. The number of amides is 2. The number of rotatable bonds is 7. The maximum absolute atomic E-state index is 13.1. The van der Waals surface area contributed by atoms with Crippen LogP contribution in [0.5, 0.6) is 5.75 Å². The van der Waals surface area contributed by atoms with Crippen LogP contribution in [-0.2, 0) is 22.6 Å². The Balaban J connectivity index is 1.80. The van der Waals surface area contributed by atoms with E-state index in [4.69, 9.17) is 15.2 Å². The van der Waals surface area contributed by atoms with Crippen LogP contribution in [0, 0.1) is 0 Å². The van der Waals surface area contributed by atoms with Gasteiger partial charge in [-0.15, -0.1) is 0 Å². The minimum atomic E-state index is -0.904. The summed E-state index contributed by atoms with van der Waals surface area (Å²) in [5, 5.41) is 0. The van der Waals surface area contributed by atoms with Crippen molar-refractivity contribution in [1.82, 2.24) is 0 Å². The van der Waals surface area contributed by atoms with Gasteiger partial charge in [0.05, 0.1) is 18.8 Å². The molecule has 0 unspecified atom stereocenters. The molecular formula is C24H24N2O4. The summed E-state index contributed by atoms with van der Waals surface area (Å²) in [5.41, 5.74) is 8.26. The van der Waals surface area contributed by atoms with Crippen molar-refractivity contribution in [3.8, 4) is 5.75 Å². The van der Waals surface area contributed by atoms with Gasteiger partial charge in [-0.3, -0.25) is 4.79 Å². The molecule has 6 heteroatoms. The molecule has 0 aromatic heterocycles. The molecule has 0 saturated heterocycles. The van der Waals surface area contributed by atoms with Crippen LogP contribution >= 0.6 is 0 Å². The third-order valence-corrected chi connectivity index (χ3v) is 4.55. The second-order valence-electron chi connectivity index (χ2n) is 6.71. The highest BCUT2D eigenvalue weighted by atomic mass is 16.6. The summed E-state index contributed by atoms with van der Waals surface area (Å²) in [6.07, 6.45) is -0.476. The molecular weight excluding hydrogens is 380 g/mol. The van der Waals surface area contributed by atoms with Crippen LogP contribution in [0.3, 0.4) is 0 Å². The van der Waals surface area contributed by atoms with Crippen molar-refractivity contribution in [2.24, 2.45) is 5.73 Å². The second kappa shape index (κ2) is 10.2. The first-order valence-electron chi connectivity index (χ1n) is 9.56. The molecule has 154 valence electrons. The van der Waals surface area contributed by atoms with Crippen LogP contribution in [-0.4, -0.2) is 25.2 Å². The van der Waals surface area contributed by atoms with E-state index in [0.717, 1.165) is 16.0 Å². The van der Waals surface area contributed by atoms with E-state index in [2.05, 4.69) is 0 Å². The number of benzene rings is 3. The fraction of sp³-hybridized carbons (Fsp3) is 0.167. The molecule has 3 rings (SSSR count). The number of hydrogen-bond acceptors (Lipinski definition) is 5. The van der Waals surface area contributed by atoms with Crippen molar-refractivity contribution in [3.63, 3.8) is 0 Å². The summed E-state index contributed by atoms with van der Waals surface area (Å²) in [6.45, 7) is 0.0491. The van der Waals surface area contributed by atoms with Gasteiger partial charge in [0.25, 0.3) is 5.91 Å². The number of anilines is 1. The first-order chi connectivity index (χ1) is 14.6. The lowest BCUT2D eigenvalue weighted by Crippen LogP contribution is -2.48. The molecule has 0 radical (unpaired) electrons. The Kier molecular flexibility index (Phi) is 7.19. The molecule has 30 heavy (non-hydrogen) atoms. The largest absolute Gasteiger partial charge is 0.497 e. The number of carbonyl (C=O) groups excluding carboxylic acids is 2. The molecule has 6 nitrogen and oxygen atoms in total. The van der Waals surface area contributed by atoms with Gasteiger partial charge < -0.3 is 15.2 Å². The van der Waals surface area contributed by atoms with Gasteiger partial charge in [-0.1, -0.05) is 60.7 Å². The van der Waals surface area contributed by atoms with Gasteiger partial charge in [-0.25, -0.2) is 9.69 Å². The Morgan fingerprint density at radius 3 is 2.00 bits per heavy atom. The molecule has 0 aliphatic heterocycles. The van der Waals surface area contributed by atoms with Crippen molar-refractivity contribution in [3.05, 3.63) is 96.1 Å². The fourth-order valence-electron chi connectivity index (χ4n) is 2.96. The number of carbonyl (C=O) groups is 2. The monoisotopic (exact) mass is 404 g/mol. The highest BCUT2D eigenvalue weighted by molar-refractivity contribution is 6.14. The van der Waals surface area contributed by atoms with Gasteiger partial charge in [0.1, 0.15) is 12.4 Å². The Labute approximate surface area is 175 Å². The van der Waals surface area contributed by atoms with E-state index in [9.17, 15) is 9.59 Å². The Morgan fingerprint density at radius 1 is 0.867 bits per heavy atom. The van der Waals surface area contributed by atoms with Crippen LogP contribution in [0.25, 0.3) is 0 Å². The van der Waals surface area contributed by atoms with Gasteiger partial charge in [0, 0.05) is 0 Å². The second-order valence-corrected chi connectivity index (χ2v) is 6.71. The summed E-state index contributed by atoms with van der Waals surface area (Å²) in [6, 6.07) is 24.4. The molecule has 0 fully saturated rings. The lowest BCUT2D eigenvalue weighted by Gasteiger charge is -2.24. The third kappa shape index (κ3) is 5.46. The topological polar surface area (TPSA) is 81.9 Å². The van der Waals surface area contributed by atoms with E-state index in [1.807, 2.05) is 60.7 Å². The third-order valence-electron chi connectivity index (χ3n) is 4.55. The zero-order valence-corrected chi connectivity index (χ0v) is 16.7. The standard InChI is InChI=1S/C24H24N2O4/c1-29-21-14-12-20(13-15-21)26(24(28)30-17-19-10-6-3-7-11-19)23(27)22(25)16-18-8-4-2-5-9-18/h2-15,22H,16-17,25H2,1H3/t22-/m0/s1. The van der Waals surface area contributed by atoms with Gasteiger partial charge in [-0.2, -0.15) is 0 Å². The molecule has 0 saturated carbocycles. The number of methoxy groups -OCH3 is 1. The van der Waals surface area contributed by atoms with E-state index < -0.39 is 18.0 Å². The highest BCUT2D eigenvalue weighted by Gasteiger charge is 2.29. The Bertz CT molecular complexity index is 960. The van der Waals surface area contributed by atoms with E-state index in [1.54, 1.807) is 31.4 Å². The summed E-state index contributed by atoms with van der Waals surface area (Å²) in [7, 11) is 1.54. The van der Waals surface area contributed by atoms with Crippen LogP contribution < -0.4 is 15.4 Å². The normalized spacial score (nSPS) is 11.4.